The first kappa shape index (κ1) is 21.3. The normalized spacial score (nSPS) is 13.3. The summed E-state index contributed by atoms with van der Waals surface area (Å²) in [5.74, 6) is -0.178. The molecule has 0 saturated carbocycles. The van der Waals surface area contributed by atoms with E-state index in [-0.39, 0.29) is 0 Å². The molecule has 0 spiro atoms. The molecular weight excluding hydrogens is 410 g/mol. The van der Waals surface area contributed by atoms with E-state index in [1.165, 1.54) is 21.2 Å². The third-order valence-corrected chi connectivity index (χ3v) is 6.23. The predicted octanol–water partition coefficient (Wildman–Crippen LogP) is 5.40. The van der Waals surface area contributed by atoms with Crippen LogP contribution in [0, 0.1) is 0 Å². The molecule has 1 unspecified atom stereocenters. The Bertz CT molecular complexity index is 992. The van der Waals surface area contributed by atoms with Crippen molar-refractivity contribution in [1.82, 2.24) is 0 Å². The first-order chi connectivity index (χ1) is 15.2. The van der Waals surface area contributed by atoms with Crippen molar-refractivity contribution in [1.29, 1.82) is 0 Å². The van der Waals surface area contributed by atoms with Crippen LogP contribution in [0.1, 0.15) is 12.5 Å². The van der Waals surface area contributed by atoms with E-state index in [9.17, 15) is 9.90 Å². The van der Waals surface area contributed by atoms with Gasteiger partial charge in [0, 0.05) is 22.8 Å². The number of nitrogens with zero attached hydrogens (tertiary/aromatic N) is 1. The van der Waals surface area contributed by atoms with Crippen LogP contribution < -0.4 is 9.64 Å². The molecule has 1 aliphatic heterocycles. The molecule has 0 saturated heterocycles. The number of para-hydroxylation sites is 2. The van der Waals surface area contributed by atoms with Gasteiger partial charge in [0.25, 0.3) is 0 Å². The highest BCUT2D eigenvalue weighted by Crippen LogP contribution is 2.47. The molecule has 5 nitrogen and oxygen atoms in total. The van der Waals surface area contributed by atoms with Gasteiger partial charge in [0.2, 0.25) is 0 Å². The van der Waals surface area contributed by atoms with Crippen molar-refractivity contribution < 1.29 is 19.4 Å². The van der Waals surface area contributed by atoms with Gasteiger partial charge in [0.05, 0.1) is 17.9 Å². The number of ether oxygens (including phenoxy) is 2. The quantitative estimate of drug-likeness (QED) is 0.486. The predicted molar refractivity (Wildman–Crippen MR) is 123 cm³/mol. The van der Waals surface area contributed by atoms with E-state index in [1.807, 2.05) is 24.3 Å². The number of carbonyl (C=O) groups is 1. The lowest BCUT2D eigenvalue weighted by atomic mass is 10.1. The van der Waals surface area contributed by atoms with Crippen molar-refractivity contribution in [2.75, 3.05) is 24.7 Å². The van der Waals surface area contributed by atoms with Gasteiger partial charge in [-0.15, -0.1) is 0 Å². The highest BCUT2D eigenvalue weighted by Gasteiger charge is 2.22. The molecule has 0 aromatic heterocycles. The number of benzene rings is 3. The van der Waals surface area contributed by atoms with Crippen LogP contribution in [0.5, 0.6) is 5.75 Å². The van der Waals surface area contributed by atoms with Crippen LogP contribution in [0.15, 0.2) is 82.6 Å². The number of aliphatic carboxylic acids is 1. The number of carboxylic acid groups (broad SMARTS) is 1. The van der Waals surface area contributed by atoms with Gasteiger partial charge in [0.15, 0.2) is 6.10 Å². The highest BCUT2D eigenvalue weighted by atomic mass is 32.2. The second-order valence-electron chi connectivity index (χ2n) is 7.17. The monoisotopic (exact) mass is 435 g/mol. The van der Waals surface area contributed by atoms with Crippen LogP contribution in [0.2, 0.25) is 0 Å². The number of carboxylic acids is 1. The van der Waals surface area contributed by atoms with E-state index in [4.69, 9.17) is 9.47 Å². The van der Waals surface area contributed by atoms with E-state index >= 15 is 0 Å². The third kappa shape index (κ3) is 5.03. The molecule has 31 heavy (non-hydrogen) atoms. The number of anilines is 2. The largest absolute Gasteiger partial charge is 0.492 e. The van der Waals surface area contributed by atoms with Gasteiger partial charge in [-0.05, 0) is 48.9 Å². The van der Waals surface area contributed by atoms with Gasteiger partial charge >= 0.3 is 5.97 Å². The van der Waals surface area contributed by atoms with Crippen molar-refractivity contribution in [2.45, 2.75) is 29.2 Å². The summed E-state index contributed by atoms with van der Waals surface area (Å²) in [5.41, 5.74) is 3.30. The number of hydrogen-bond acceptors (Lipinski definition) is 5. The SMILES string of the molecule is CCOC(Cc1ccc(OCCN2c3ccccc3Sc3ccccc32)cc1)C(=O)O. The molecule has 0 aliphatic carbocycles. The Balaban J connectivity index is 1.39. The minimum atomic E-state index is -0.942. The Morgan fingerprint density at radius 3 is 2.16 bits per heavy atom. The highest BCUT2D eigenvalue weighted by molar-refractivity contribution is 7.99. The van der Waals surface area contributed by atoms with Crippen molar-refractivity contribution in [3.63, 3.8) is 0 Å². The molecule has 1 aliphatic rings. The summed E-state index contributed by atoms with van der Waals surface area (Å²) in [6, 6.07) is 24.4. The summed E-state index contributed by atoms with van der Waals surface area (Å²) in [7, 11) is 0. The maximum Gasteiger partial charge on any atom is 0.333 e. The second-order valence-corrected chi connectivity index (χ2v) is 8.25. The minimum Gasteiger partial charge on any atom is -0.492 e. The number of rotatable bonds is 9. The van der Waals surface area contributed by atoms with Gasteiger partial charge in [-0.2, -0.15) is 0 Å². The molecule has 0 amide bonds. The van der Waals surface area contributed by atoms with Crippen molar-refractivity contribution >= 4 is 29.1 Å². The molecule has 3 aromatic carbocycles. The Kier molecular flexibility index (Phi) is 6.79. The third-order valence-electron chi connectivity index (χ3n) is 5.10. The first-order valence-electron chi connectivity index (χ1n) is 10.4. The average Bonchev–Trinajstić information content (AvgIpc) is 2.79. The average molecular weight is 436 g/mol. The lowest BCUT2D eigenvalue weighted by Crippen LogP contribution is -2.26. The molecule has 1 N–H and O–H groups in total. The van der Waals surface area contributed by atoms with Crippen LogP contribution in [0.4, 0.5) is 11.4 Å². The summed E-state index contributed by atoms with van der Waals surface area (Å²) in [4.78, 5) is 16.1. The molecule has 160 valence electrons. The Labute approximate surface area is 186 Å². The summed E-state index contributed by atoms with van der Waals surface area (Å²) in [6.07, 6.45) is -0.489. The summed E-state index contributed by atoms with van der Waals surface area (Å²) < 4.78 is 11.3. The van der Waals surface area contributed by atoms with Gasteiger partial charge in [-0.1, -0.05) is 48.2 Å². The standard InChI is InChI=1S/C25H25NO4S/c1-2-29-22(25(27)28)17-18-11-13-19(14-12-18)30-16-15-26-20-7-3-5-9-23(20)31-24-10-6-4-8-21(24)26/h3-14,22H,2,15-17H2,1H3,(H,27,28). The molecule has 0 bridgehead atoms. The zero-order chi connectivity index (χ0) is 21.6. The van der Waals surface area contributed by atoms with Crippen molar-refractivity contribution in [3.05, 3.63) is 78.4 Å². The molecule has 1 atom stereocenters. The zero-order valence-electron chi connectivity index (χ0n) is 17.4. The Morgan fingerprint density at radius 1 is 0.968 bits per heavy atom. The molecule has 1 heterocycles. The van der Waals surface area contributed by atoms with E-state index < -0.39 is 12.1 Å². The van der Waals surface area contributed by atoms with E-state index in [2.05, 4.69) is 53.4 Å². The fourth-order valence-corrected chi connectivity index (χ4v) is 4.73. The van der Waals surface area contributed by atoms with Gasteiger partial charge in [0.1, 0.15) is 12.4 Å². The molecule has 4 rings (SSSR count). The summed E-state index contributed by atoms with van der Waals surface area (Å²) >= 11 is 1.79. The lowest BCUT2D eigenvalue weighted by molar-refractivity contribution is -0.149. The summed E-state index contributed by atoms with van der Waals surface area (Å²) in [6.45, 7) is 3.43. The fraction of sp³-hybridized carbons (Fsp3) is 0.240. The van der Waals surface area contributed by atoms with E-state index in [0.29, 0.717) is 19.6 Å². The first-order valence-corrected chi connectivity index (χ1v) is 11.2. The van der Waals surface area contributed by atoms with Crippen LogP contribution in [-0.2, 0) is 16.0 Å². The zero-order valence-corrected chi connectivity index (χ0v) is 18.2. The van der Waals surface area contributed by atoms with Crippen molar-refractivity contribution in [3.8, 4) is 5.75 Å². The topological polar surface area (TPSA) is 59.0 Å². The van der Waals surface area contributed by atoms with Crippen LogP contribution >= 0.6 is 11.8 Å². The van der Waals surface area contributed by atoms with Gasteiger partial charge < -0.3 is 19.5 Å². The van der Waals surface area contributed by atoms with Crippen LogP contribution in [-0.4, -0.2) is 36.9 Å². The maximum absolute atomic E-state index is 11.3. The smallest absolute Gasteiger partial charge is 0.333 e. The number of hydrogen-bond donors (Lipinski definition) is 1. The second kappa shape index (κ2) is 9.90. The molecule has 0 fully saturated rings. The Hall–Kier alpha value is -2.96. The van der Waals surface area contributed by atoms with Gasteiger partial charge in [-0.3, -0.25) is 0 Å². The molecular formula is C25H25NO4S. The van der Waals surface area contributed by atoms with E-state index in [0.717, 1.165) is 17.9 Å². The molecule has 6 heteroatoms. The lowest BCUT2D eigenvalue weighted by Gasteiger charge is -2.32. The molecule has 3 aromatic rings. The maximum atomic E-state index is 11.3. The molecule has 0 radical (unpaired) electrons. The van der Waals surface area contributed by atoms with Gasteiger partial charge in [-0.25, -0.2) is 4.79 Å². The minimum absolute atomic E-state index is 0.336. The van der Waals surface area contributed by atoms with Crippen LogP contribution in [0.3, 0.4) is 0 Å². The summed E-state index contributed by atoms with van der Waals surface area (Å²) in [5, 5.41) is 9.24. The number of fused-ring (bicyclic) bond motifs is 2. The fourth-order valence-electron chi connectivity index (χ4n) is 3.63. The Morgan fingerprint density at radius 2 is 1.58 bits per heavy atom. The van der Waals surface area contributed by atoms with E-state index in [1.54, 1.807) is 18.7 Å². The van der Waals surface area contributed by atoms with Crippen LogP contribution in [0.25, 0.3) is 0 Å². The van der Waals surface area contributed by atoms with Crippen molar-refractivity contribution in [2.24, 2.45) is 0 Å².